The molecular weight excluding hydrogens is 370 g/mol. The van der Waals surface area contributed by atoms with Gasteiger partial charge in [0.15, 0.2) is 5.78 Å². The molecule has 0 saturated carbocycles. The molecule has 0 aromatic heterocycles. The predicted molar refractivity (Wildman–Crippen MR) is 97.2 cm³/mol. The molecule has 0 fully saturated rings. The number of methoxy groups -OCH3 is 1. The molecule has 0 saturated heterocycles. The summed E-state index contributed by atoms with van der Waals surface area (Å²) >= 11 is 3.34. The molecule has 1 N–H and O–H groups in total. The second-order valence-electron chi connectivity index (χ2n) is 5.41. The fourth-order valence-electron chi connectivity index (χ4n) is 2.22. The zero-order valence-corrected chi connectivity index (χ0v) is 15.1. The van der Waals surface area contributed by atoms with E-state index < -0.39 is 0 Å². The number of ketones is 1. The molecule has 1 amide bonds. The molecule has 24 heavy (non-hydrogen) atoms. The van der Waals surface area contributed by atoms with Crippen molar-refractivity contribution in [1.29, 1.82) is 0 Å². The van der Waals surface area contributed by atoms with Crippen LogP contribution in [0.5, 0.6) is 5.75 Å². The Morgan fingerprint density at radius 1 is 1.00 bits per heavy atom. The van der Waals surface area contributed by atoms with Gasteiger partial charge >= 0.3 is 0 Å². The highest BCUT2D eigenvalue weighted by Gasteiger charge is 2.08. The highest BCUT2D eigenvalue weighted by Crippen LogP contribution is 2.13. The highest BCUT2D eigenvalue weighted by atomic mass is 79.9. The lowest BCUT2D eigenvalue weighted by Gasteiger charge is -2.06. The topological polar surface area (TPSA) is 55.4 Å². The number of nitrogens with one attached hydrogen (secondary N) is 1. The van der Waals surface area contributed by atoms with Crippen molar-refractivity contribution in [2.24, 2.45) is 0 Å². The van der Waals surface area contributed by atoms with Crippen molar-refractivity contribution in [3.8, 4) is 5.75 Å². The Morgan fingerprint density at radius 3 is 2.29 bits per heavy atom. The molecular formula is C19H20BrNO3. The maximum atomic E-state index is 12.0. The van der Waals surface area contributed by atoms with E-state index in [9.17, 15) is 9.59 Å². The Morgan fingerprint density at radius 2 is 1.67 bits per heavy atom. The van der Waals surface area contributed by atoms with Gasteiger partial charge in [0.25, 0.3) is 0 Å². The molecule has 0 atom stereocenters. The van der Waals surface area contributed by atoms with E-state index in [0.29, 0.717) is 31.4 Å². The first-order valence-electron chi connectivity index (χ1n) is 7.77. The number of carbonyl (C=O) groups is 2. The van der Waals surface area contributed by atoms with Gasteiger partial charge in [-0.25, -0.2) is 0 Å². The van der Waals surface area contributed by atoms with Gasteiger partial charge in [0.05, 0.1) is 7.11 Å². The maximum absolute atomic E-state index is 12.0. The van der Waals surface area contributed by atoms with Crippen LogP contribution in [0.15, 0.2) is 53.0 Å². The van der Waals surface area contributed by atoms with E-state index in [4.69, 9.17) is 4.74 Å². The lowest BCUT2D eigenvalue weighted by Crippen LogP contribution is -2.22. The molecule has 2 aromatic rings. The quantitative estimate of drug-likeness (QED) is 0.690. The molecule has 126 valence electrons. The number of hydrogen-bond donors (Lipinski definition) is 1. The number of benzene rings is 2. The van der Waals surface area contributed by atoms with Gasteiger partial charge in [-0.05, 0) is 36.2 Å². The maximum Gasteiger partial charge on any atom is 0.220 e. The van der Waals surface area contributed by atoms with Gasteiger partial charge in [-0.2, -0.15) is 0 Å². The van der Waals surface area contributed by atoms with Crippen LogP contribution in [0.25, 0.3) is 0 Å². The monoisotopic (exact) mass is 389 g/mol. The lowest BCUT2D eigenvalue weighted by molar-refractivity contribution is -0.121. The number of hydrogen-bond acceptors (Lipinski definition) is 3. The summed E-state index contributed by atoms with van der Waals surface area (Å²) < 4.78 is 6.03. The van der Waals surface area contributed by atoms with Crippen molar-refractivity contribution in [3.63, 3.8) is 0 Å². The highest BCUT2D eigenvalue weighted by molar-refractivity contribution is 9.10. The number of Topliss-reactive ketones (excluding diaryl/α,β-unsaturated/α-hetero) is 1. The van der Waals surface area contributed by atoms with Gasteiger partial charge < -0.3 is 10.1 Å². The summed E-state index contributed by atoms with van der Waals surface area (Å²) in [6.07, 6.45) is 1.26. The van der Waals surface area contributed by atoms with E-state index in [2.05, 4.69) is 21.2 Å². The third kappa shape index (κ3) is 5.81. The number of rotatable bonds is 8. The molecule has 4 nitrogen and oxygen atoms in total. The molecule has 0 bridgehead atoms. The van der Waals surface area contributed by atoms with Gasteiger partial charge in [0.1, 0.15) is 5.75 Å². The van der Waals surface area contributed by atoms with Gasteiger partial charge in [-0.3, -0.25) is 9.59 Å². The van der Waals surface area contributed by atoms with Crippen LogP contribution < -0.4 is 10.1 Å². The summed E-state index contributed by atoms with van der Waals surface area (Å²) in [5.41, 5.74) is 1.69. The van der Waals surface area contributed by atoms with Crippen LogP contribution in [-0.2, 0) is 11.3 Å². The van der Waals surface area contributed by atoms with Crippen molar-refractivity contribution in [1.82, 2.24) is 5.32 Å². The standard InChI is InChI=1S/C19H20BrNO3/c1-24-17-11-5-14(6-12-17)13-21-19(23)4-2-3-18(22)15-7-9-16(20)10-8-15/h5-12H,2-4,13H2,1H3,(H,21,23). The van der Waals surface area contributed by atoms with Crippen LogP contribution in [0.2, 0.25) is 0 Å². The number of carbonyl (C=O) groups excluding carboxylic acids is 2. The Labute approximate surface area is 150 Å². The third-order valence-corrected chi connectivity index (χ3v) is 4.15. The summed E-state index contributed by atoms with van der Waals surface area (Å²) in [6.45, 7) is 0.476. The molecule has 0 unspecified atom stereocenters. The van der Waals surface area contributed by atoms with E-state index >= 15 is 0 Å². The summed E-state index contributed by atoms with van der Waals surface area (Å²) in [7, 11) is 1.62. The van der Waals surface area contributed by atoms with Crippen molar-refractivity contribution in [3.05, 3.63) is 64.1 Å². The van der Waals surface area contributed by atoms with Crippen LogP contribution in [0, 0.1) is 0 Å². The smallest absolute Gasteiger partial charge is 0.220 e. The average Bonchev–Trinajstić information content (AvgIpc) is 2.61. The van der Waals surface area contributed by atoms with Crippen LogP contribution in [0.4, 0.5) is 0 Å². The Bertz CT molecular complexity index is 681. The van der Waals surface area contributed by atoms with Crippen molar-refractivity contribution in [2.45, 2.75) is 25.8 Å². The second kappa shape index (κ2) is 9.23. The summed E-state index contributed by atoms with van der Waals surface area (Å²) in [5.74, 6) is 0.802. The molecule has 0 aliphatic rings. The first-order chi connectivity index (χ1) is 11.6. The minimum Gasteiger partial charge on any atom is -0.497 e. The molecule has 0 radical (unpaired) electrons. The van der Waals surface area contributed by atoms with E-state index in [1.165, 1.54) is 0 Å². The van der Waals surface area contributed by atoms with Gasteiger partial charge in [0.2, 0.25) is 5.91 Å². The summed E-state index contributed by atoms with van der Waals surface area (Å²) in [5, 5.41) is 2.86. The van der Waals surface area contributed by atoms with E-state index in [0.717, 1.165) is 15.8 Å². The second-order valence-corrected chi connectivity index (χ2v) is 6.32. The summed E-state index contributed by atoms with van der Waals surface area (Å²) in [6, 6.07) is 14.8. The largest absolute Gasteiger partial charge is 0.497 e. The normalized spacial score (nSPS) is 10.2. The zero-order chi connectivity index (χ0) is 17.4. The zero-order valence-electron chi connectivity index (χ0n) is 13.5. The van der Waals surface area contributed by atoms with Crippen LogP contribution >= 0.6 is 15.9 Å². The Hall–Kier alpha value is -2.14. The molecule has 2 rings (SSSR count). The molecule has 0 aliphatic carbocycles. The van der Waals surface area contributed by atoms with Crippen LogP contribution in [-0.4, -0.2) is 18.8 Å². The fourth-order valence-corrected chi connectivity index (χ4v) is 2.49. The van der Waals surface area contributed by atoms with E-state index in [-0.39, 0.29) is 11.7 Å². The Kier molecular flexibility index (Phi) is 7.00. The first kappa shape index (κ1) is 18.2. The van der Waals surface area contributed by atoms with E-state index in [1.54, 1.807) is 19.2 Å². The van der Waals surface area contributed by atoms with E-state index in [1.807, 2.05) is 36.4 Å². The summed E-state index contributed by atoms with van der Waals surface area (Å²) in [4.78, 5) is 23.9. The number of halogens is 1. The molecule has 5 heteroatoms. The van der Waals surface area contributed by atoms with Gasteiger partial charge in [0, 0.05) is 29.4 Å². The third-order valence-electron chi connectivity index (χ3n) is 3.62. The lowest BCUT2D eigenvalue weighted by atomic mass is 10.1. The molecule has 2 aromatic carbocycles. The van der Waals surface area contributed by atoms with Gasteiger partial charge in [-0.1, -0.05) is 40.2 Å². The average molecular weight is 390 g/mol. The minimum absolute atomic E-state index is 0.0468. The minimum atomic E-state index is -0.0468. The van der Waals surface area contributed by atoms with Crippen LogP contribution in [0.3, 0.4) is 0 Å². The molecule has 0 spiro atoms. The van der Waals surface area contributed by atoms with Crippen molar-refractivity contribution < 1.29 is 14.3 Å². The molecule has 0 aliphatic heterocycles. The fraction of sp³-hybridized carbons (Fsp3) is 0.263. The predicted octanol–water partition coefficient (Wildman–Crippen LogP) is 4.13. The van der Waals surface area contributed by atoms with Crippen LogP contribution in [0.1, 0.15) is 35.2 Å². The molecule has 0 heterocycles. The first-order valence-corrected chi connectivity index (χ1v) is 8.56. The van der Waals surface area contributed by atoms with Crippen molar-refractivity contribution in [2.75, 3.05) is 7.11 Å². The number of ether oxygens (including phenoxy) is 1. The SMILES string of the molecule is COc1ccc(CNC(=O)CCCC(=O)c2ccc(Br)cc2)cc1. The Balaban J connectivity index is 1.69. The number of amides is 1. The van der Waals surface area contributed by atoms with Gasteiger partial charge in [-0.15, -0.1) is 0 Å². The van der Waals surface area contributed by atoms with Crippen molar-refractivity contribution >= 4 is 27.6 Å².